The molecule has 2 aliphatic rings. The summed E-state index contributed by atoms with van der Waals surface area (Å²) in [7, 11) is 2.12. The van der Waals surface area contributed by atoms with Gasteiger partial charge in [-0.1, -0.05) is 12.1 Å². The number of piperazine rings is 1. The van der Waals surface area contributed by atoms with Crippen LogP contribution in [0.4, 0.5) is 0 Å². The summed E-state index contributed by atoms with van der Waals surface area (Å²) < 4.78 is 5.55. The Hall–Kier alpha value is -1.24. The fraction of sp³-hybridized carbons (Fsp3) is 0.625. The maximum absolute atomic E-state index is 5.55. The first kappa shape index (κ1) is 14.4. The number of nitrogens with one attached hydrogen (secondary N) is 1. The van der Waals surface area contributed by atoms with Gasteiger partial charge in [0, 0.05) is 24.5 Å². The van der Waals surface area contributed by atoms with Gasteiger partial charge in [-0.2, -0.15) is 4.98 Å². The molecular weight excluding hydrogens is 296 g/mol. The molecule has 2 aromatic rings. The lowest BCUT2D eigenvalue weighted by atomic mass is 9.90. The van der Waals surface area contributed by atoms with E-state index in [1.807, 2.05) is 11.3 Å². The lowest BCUT2D eigenvalue weighted by molar-refractivity contribution is 0.190. The summed E-state index contributed by atoms with van der Waals surface area (Å²) in [6.45, 7) is 5.25. The van der Waals surface area contributed by atoms with Gasteiger partial charge in [0.15, 0.2) is 5.82 Å². The molecule has 22 heavy (non-hydrogen) atoms. The molecule has 118 valence electrons. The minimum absolute atomic E-state index is 0.209. The first-order valence-electron chi connectivity index (χ1n) is 8.07. The number of thiophene rings is 1. The van der Waals surface area contributed by atoms with Crippen molar-refractivity contribution in [3.05, 3.63) is 22.3 Å². The molecular formula is C16H22N4OS. The van der Waals surface area contributed by atoms with Crippen molar-refractivity contribution in [1.82, 2.24) is 20.4 Å². The molecule has 0 bridgehead atoms. The van der Waals surface area contributed by atoms with Crippen LogP contribution in [0, 0.1) is 5.92 Å². The molecule has 1 aliphatic carbocycles. The van der Waals surface area contributed by atoms with Crippen molar-refractivity contribution in [1.29, 1.82) is 0 Å². The lowest BCUT2D eigenvalue weighted by Crippen LogP contribution is -2.44. The second-order valence-electron chi connectivity index (χ2n) is 6.57. The predicted octanol–water partition coefficient (Wildman–Crippen LogP) is 2.50. The molecule has 0 radical (unpaired) electrons. The molecule has 0 amide bonds. The Balaban J connectivity index is 1.59. The van der Waals surface area contributed by atoms with Gasteiger partial charge in [0.1, 0.15) is 0 Å². The van der Waals surface area contributed by atoms with Crippen molar-refractivity contribution >= 4 is 11.3 Å². The van der Waals surface area contributed by atoms with Crippen molar-refractivity contribution in [2.24, 2.45) is 5.92 Å². The highest BCUT2D eigenvalue weighted by atomic mass is 32.1. The first-order valence-corrected chi connectivity index (χ1v) is 8.89. The Morgan fingerprint density at radius 3 is 3.23 bits per heavy atom. The van der Waals surface area contributed by atoms with Gasteiger partial charge in [-0.3, -0.25) is 4.90 Å². The third kappa shape index (κ3) is 2.59. The number of hydrogen-bond acceptors (Lipinski definition) is 6. The molecule has 0 spiro atoms. The zero-order valence-corrected chi connectivity index (χ0v) is 13.9. The molecule has 0 aromatic carbocycles. The van der Waals surface area contributed by atoms with E-state index in [-0.39, 0.29) is 6.04 Å². The summed E-state index contributed by atoms with van der Waals surface area (Å²) in [5, 5.41) is 7.62. The standard InChI is InChI=1S/C16H22N4OS/c1-10-3-4-13-11(7-10)8-14(22-13)16-18-15(19-21-16)12-9-17-5-6-20(12)2/h8,10,12,17H,3-7,9H2,1-2H3. The van der Waals surface area contributed by atoms with Crippen molar-refractivity contribution in [3.63, 3.8) is 0 Å². The van der Waals surface area contributed by atoms with Crippen LogP contribution in [0.15, 0.2) is 10.6 Å². The number of aryl methyl sites for hydroxylation is 1. The number of fused-ring (bicyclic) bond motifs is 1. The largest absolute Gasteiger partial charge is 0.333 e. The molecule has 2 aromatic heterocycles. The van der Waals surface area contributed by atoms with E-state index in [0.29, 0.717) is 5.89 Å². The topological polar surface area (TPSA) is 54.2 Å². The predicted molar refractivity (Wildman–Crippen MR) is 87.0 cm³/mol. The summed E-state index contributed by atoms with van der Waals surface area (Å²) in [6.07, 6.45) is 3.67. The van der Waals surface area contributed by atoms with Crippen molar-refractivity contribution in [2.75, 3.05) is 26.7 Å². The highest BCUT2D eigenvalue weighted by Gasteiger charge is 2.26. The summed E-state index contributed by atoms with van der Waals surface area (Å²) in [5.74, 6) is 2.26. The maximum Gasteiger partial charge on any atom is 0.268 e. The van der Waals surface area contributed by atoms with Crippen LogP contribution >= 0.6 is 11.3 Å². The van der Waals surface area contributed by atoms with E-state index in [2.05, 4.69) is 40.4 Å². The van der Waals surface area contributed by atoms with Crippen LogP contribution in [-0.2, 0) is 12.8 Å². The van der Waals surface area contributed by atoms with E-state index in [1.54, 1.807) is 0 Å². The number of likely N-dealkylation sites (N-methyl/N-ethyl adjacent to an activating group) is 1. The summed E-state index contributed by atoms with van der Waals surface area (Å²) >= 11 is 1.83. The van der Waals surface area contributed by atoms with Crippen molar-refractivity contribution in [2.45, 2.75) is 32.2 Å². The number of aromatic nitrogens is 2. The SMILES string of the molecule is CC1CCc2sc(-c3nc(C4CNCCN4C)no3)cc2C1. The average Bonchev–Trinajstić information content (AvgIpc) is 3.13. The number of nitrogens with zero attached hydrogens (tertiary/aromatic N) is 3. The fourth-order valence-corrected chi connectivity index (χ4v) is 4.51. The van der Waals surface area contributed by atoms with Crippen LogP contribution < -0.4 is 5.32 Å². The zero-order chi connectivity index (χ0) is 15.1. The second-order valence-corrected chi connectivity index (χ2v) is 7.70. The Morgan fingerprint density at radius 1 is 1.45 bits per heavy atom. The summed E-state index contributed by atoms with van der Waals surface area (Å²) in [5.41, 5.74) is 1.48. The van der Waals surface area contributed by atoms with E-state index in [9.17, 15) is 0 Å². The minimum Gasteiger partial charge on any atom is -0.333 e. The Morgan fingerprint density at radius 2 is 2.36 bits per heavy atom. The fourth-order valence-electron chi connectivity index (χ4n) is 3.38. The minimum atomic E-state index is 0.209. The van der Waals surface area contributed by atoms with Gasteiger partial charge in [0.25, 0.3) is 5.89 Å². The quantitative estimate of drug-likeness (QED) is 0.922. The van der Waals surface area contributed by atoms with E-state index in [4.69, 9.17) is 4.52 Å². The van der Waals surface area contributed by atoms with Crippen molar-refractivity contribution in [3.8, 4) is 10.8 Å². The second kappa shape index (κ2) is 5.76. The van der Waals surface area contributed by atoms with Crippen LogP contribution in [0.5, 0.6) is 0 Å². The molecule has 1 N–H and O–H groups in total. The molecule has 4 rings (SSSR count). The number of hydrogen-bond donors (Lipinski definition) is 1. The molecule has 2 unspecified atom stereocenters. The van der Waals surface area contributed by atoms with Crippen molar-refractivity contribution < 1.29 is 4.52 Å². The van der Waals surface area contributed by atoms with Gasteiger partial charge >= 0.3 is 0 Å². The third-order valence-electron chi connectivity index (χ3n) is 4.79. The van der Waals surface area contributed by atoms with Gasteiger partial charge in [0.05, 0.1) is 10.9 Å². The molecule has 1 aliphatic heterocycles. The summed E-state index contributed by atoms with van der Waals surface area (Å²) in [6, 6.07) is 2.47. The zero-order valence-electron chi connectivity index (χ0n) is 13.1. The molecule has 1 fully saturated rings. The molecule has 3 heterocycles. The monoisotopic (exact) mass is 318 g/mol. The highest BCUT2D eigenvalue weighted by molar-refractivity contribution is 7.15. The van der Waals surface area contributed by atoms with Gasteiger partial charge in [-0.25, -0.2) is 0 Å². The van der Waals surface area contributed by atoms with E-state index in [1.165, 1.54) is 29.7 Å². The van der Waals surface area contributed by atoms with Crippen LogP contribution in [0.25, 0.3) is 10.8 Å². The first-order chi connectivity index (χ1) is 10.7. The Kier molecular flexibility index (Phi) is 3.76. The van der Waals surface area contributed by atoms with Crippen LogP contribution in [0.3, 0.4) is 0 Å². The molecule has 0 saturated carbocycles. The molecule has 2 atom stereocenters. The van der Waals surface area contributed by atoms with Crippen LogP contribution in [0.2, 0.25) is 0 Å². The lowest BCUT2D eigenvalue weighted by Gasteiger charge is -2.30. The third-order valence-corrected chi connectivity index (χ3v) is 6.02. The average molecular weight is 318 g/mol. The van der Waals surface area contributed by atoms with E-state index >= 15 is 0 Å². The van der Waals surface area contributed by atoms with Gasteiger partial charge in [0.2, 0.25) is 0 Å². The van der Waals surface area contributed by atoms with Crippen LogP contribution in [-0.4, -0.2) is 41.7 Å². The number of rotatable bonds is 2. The van der Waals surface area contributed by atoms with Crippen LogP contribution in [0.1, 0.15) is 35.7 Å². The normalized spacial score (nSPS) is 26.1. The molecule has 5 nitrogen and oxygen atoms in total. The maximum atomic E-state index is 5.55. The molecule has 1 saturated heterocycles. The van der Waals surface area contributed by atoms with Gasteiger partial charge < -0.3 is 9.84 Å². The Bertz CT molecular complexity index is 665. The Labute approximate surface area is 134 Å². The molecule has 6 heteroatoms. The van der Waals surface area contributed by atoms with E-state index < -0.39 is 0 Å². The summed E-state index contributed by atoms with van der Waals surface area (Å²) in [4.78, 5) is 9.58. The van der Waals surface area contributed by atoms with Gasteiger partial charge in [-0.05, 0) is 43.9 Å². The van der Waals surface area contributed by atoms with E-state index in [0.717, 1.165) is 36.3 Å². The smallest absolute Gasteiger partial charge is 0.268 e. The van der Waals surface area contributed by atoms with Gasteiger partial charge in [-0.15, -0.1) is 11.3 Å². The highest BCUT2D eigenvalue weighted by Crippen LogP contribution is 2.37.